The van der Waals surface area contributed by atoms with Crippen molar-refractivity contribution < 1.29 is 13.2 Å². The molecule has 0 radical (unpaired) electrons. The van der Waals surface area contributed by atoms with Gasteiger partial charge in [0.25, 0.3) is 5.91 Å². The molecule has 4 N–H and O–H groups in total. The van der Waals surface area contributed by atoms with Crippen LogP contribution in [0.1, 0.15) is 48.2 Å². The molecule has 6 nitrogen and oxygen atoms in total. The van der Waals surface area contributed by atoms with E-state index in [0.717, 1.165) is 11.8 Å². The average Bonchev–Trinajstić information content (AvgIpc) is 2.34. The van der Waals surface area contributed by atoms with E-state index in [2.05, 4.69) is 4.99 Å². The molecule has 0 heterocycles. The van der Waals surface area contributed by atoms with Crippen molar-refractivity contribution >= 4 is 34.1 Å². The van der Waals surface area contributed by atoms with Gasteiger partial charge < -0.3 is 11.5 Å². The van der Waals surface area contributed by atoms with Crippen LogP contribution >= 0.6 is 12.4 Å². The van der Waals surface area contributed by atoms with Crippen LogP contribution in [0.2, 0.25) is 0 Å². The first-order chi connectivity index (χ1) is 9.57. The lowest BCUT2D eigenvalue weighted by Gasteiger charge is -2.15. The number of hydrogen-bond acceptors (Lipinski definition) is 3. The van der Waals surface area contributed by atoms with Crippen molar-refractivity contribution in [2.75, 3.05) is 6.26 Å². The second kappa shape index (κ2) is 7.60. The van der Waals surface area contributed by atoms with Gasteiger partial charge in [-0.25, -0.2) is 8.42 Å². The van der Waals surface area contributed by atoms with Gasteiger partial charge in [0.05, 0.1) is 4.90 Å². The van der Waals surface area contributed by atoms with Gasteiger partial charge >= 0.3 is 0 Å². The minimum absolute atomic E-state index is 0. The van der Waals surface area contributed by atoms with E-state index in [1.165, 1.54) is 6.07 Å². The van der Waals surface area contributed by atoms with Gasteiger partial charge in [0.2, 0.25) is 0 Å². The highest BCUT2D eigenvalue weighted by Gasteiger charge is 2.21. The Balaban J connectivity index is 0.00000441. The quantitative estimate of drug-likeness (QED) is 0.634. The molecule has 0 saturated carbocycles. The second-order valence-corrected chi connectivity index (χ2v) is 7.15. The molecule has 0 aliphatic heterocycles. The van der Waals surface area contributed by atoms with Crippen molar-refractivity contribution in [1.29, 1.82) is 0 Å². The largest absolute Gasteiger partial charge is 0.370 e. The summed E-state index contributed by atoms with van der Waals surface area (Å²) in [5.41, 5.74) is 12.1. The first-order valence-corrected chi connectivity index (χ1v) is 8.47. The molecular formula is C14H22ClN3O3S. The minimum Gasteiger partial charge on any atom is -0.370 e. The van der Waals surface area contributed by atoms with Gasteiger partial charge in [-0.15, -0.1) is 12.4 Å². The Labute approximate surface area is 137 Å². The predicted octanol–water partition coefficient (Wildman–Crippen LogP) is 1.61. The zero-order valence-electron chi connectivity index (χ0n) is 13.1. The second-order valence-electron chi connectivity index (χ2n) is 5.17. The number of aliphatic imine (C=N–C) groups is 1. The Hall–Kier alpha value is -1.60. The smallest absolute Gasteiger partial charge is 0.280 e. The molecule has 124 valence electrons. The summed E-state index contributed by atoms with van der Waals surface area (Å²) in [6, 6.07) is 3.12. The number of carbonyl (C=O) groups excluding carboxylic acids is 1. The van der Waals surface area contributed by atoms with Crippen LogP contribution < -0.4 is 11.5 Å². The molecule has 1 amide bonds. The summed E-state index contributed by atoms with van der Waals surface area (Å²) >= 11 is 0. The van der Waals surface area contributed by atoms with Gasteiger partial charge in [-0.05, 0) is 29.5 Å². The molecule has 22 heavy (non-hydrogen) atoms. The number of rotatable bonds is 4. The van der Waals surface area contributed by atoms with E-state index in [1.807, 2.05) is 20.8 Å². The molecular weight excluding hydrogens is 326 g/mol. The van der Waals surface area contributed by atoms with E-state index in [1.54, 1.807) is 6.07 Å². The number of hydrogen-bond donors (Lipinski definition) is 2. The molecule has 0 saturated heterocycles. The third kappa shape index (κ3) is 4.71. The van der Waals surface area contributed by atoms with Crippen molar-refractivity contribution in [2.24, 2.45) is 16.5 Å². The molecule has 0 aliphatic rings. The SMILES string of the molecule is CCc1cc(C(C)C)c(S(C)(=O)=O)cc1C(=O)N=C(N)N.Cl. The summed E-state index contributed by atoms with van der Waals surface area (Å²) in [7, 11) is -3.45. The third-order valence-electron chi connectivity index (χ3n) is 3.10. The van der Waals surface area contributed by atoms with Crippen molar-refractivity contribution in [3.8, 4) is 0 Å². The number of nitrogens with zero attached hydrogens (tertiary/aromatic N) is 1. The molecule has 1 rings (SSSR count). The van der Waals surface area contributed by atoms with Crippen LogP contribution in [0.3, 0.4) is 0 Å². The Morgan fingerprint density at radius 3 is 2.18 bits per heavy atom. The van der Waals surface area contributed by atoms with E-state index in [4.69, 9.17) is 11.5 Å². The van der Waals surface area contributed by atoms with E-state index in [0.29, 0.717) is 12.0 Å². The van der Waals surface area contributed by atoms with Crippen LogP contribution in [-0.2, 0) is 16.3 Å². The summed E-state index contributed by atoms with van der Waals surface area (Å²) in [5.74, 6) is -0.963. The van der Waals surface area contributed by atoms with Crippen molar-refractivity contribution in [3.05, 3.63) is 28.8 Å². The zero-order valence-corrected chi connectivity index (χ0v) is 14.7. The maximum atomic E-state index is 12.1. The summed E-state index contributed by atoms with van der Waals surface area (Å²) in [6.07, 6.45) is 1.69. The summed E-state index contributed by atoms with van der Waals surface area (Å²) in [6.45, 7) is 5.69. The molecule has 0 aliphatic carbocycles. The number of benzene rings is 1. The fourth-order valence-corrected chi connectivity index (χ4v) is 3.14. The molecule has 0 spiro atoms. The molecule has 0 unspecified atom stereocenters. The van der Waals surface area contributed by atoms with E-state index in [9.17, 15) is 13.2 Å². The number of halogens is 1. The van der Waals surface area contributed by atoms with Gasteiger partial charge in [-0.1, -0.05) is 26.8 Å². The summed E-state index contributed by atoms with van der Waals surface area (Å²) < 4.78 is 23.9. The van der Waals surface area contributed by atoms with Gasteiger partial charge in [-0.2, -0.15) is 4.99 Å². The molecule has 0 atom stereocenters. The Kier molecular flexibility index (Phi) is 7.05. The average molecular weight is 348 g/mol. The van der Waals surface area contributed by atoms with Gasteiger partial charge in [0.1, 0.15) is 0 Å². The fourth-order valence-electron chi connectivity index (χ4n) is 2.09. The minimum atomic E-state index is -3.45. The van der Waals surface area contributed by atoms with Crippen molar-refractivity contribution in [3.63, 3.8) is 0 Å². The van der Waals surface area contributed by atoms with Crippen molar-refractivity contribution in [2.45, 2.75) is 38.0 Å². The van der Waals surface area contributed by atoms with Crippen molar-refractivity contribution in [1.82, 2.24) is 0 Å². The van der Waals surface area contributed by atoms with Gasteiger partial charge in [0, 0.05) is 11.8 Å². The molecule has 1 aromatic rings. The molecule has 0 bridgehead atoms. The highest BCUT2D eigenvalue weighted by Crippen LogP contribution is 2.28. The molecule has 1 aromatic carbocycles. The number of guanidine groups is 1. The van der Waals surface area contributed by atoms with E-state index < -0.39 is 15.7 Å². The van der Waals surface area contributed by atoms with Crippen LogP contribution in [-0.4, -0.2) is 26.5 Å². The van der Waals surface area contributed by atoms with Gasteiger partial charge in [-0.3, -0.25) is 4.79 Å². The van der Waals surface area contributed by atoms with Crippen LogP contribution in [0.15, 0.2) is 22.0 Å². The normalized spacial score (nSPS) is 11.0. The van der Waals surface area contributed by atoms with Crippen LogP contribution in [0.4, 0.5) is 0 Å². The highest BCUT2D eigenvalue weighted by atomic mass is 35.5. The monoisotopic (exact) mass is 347 g/mol. The molecule has 8 heteroatoms. The van der Waals surface area contributed by atoms with Crippen LogP contribution in [0, 0.1) is 0 Å². The fraction of sp³-hybridized carbons (Fsp3) is 0.429. The first-order valence-electron chi connectivity index (χ1n) is 6.58. The third-order valence-corrected chi connectivity index (χ3v) is 4.25. The Morgan fingerprint density at radius 1 is 1.27 bits per heavy atom. The lowest BCUT2D eigenvalue weighted by molar-refractivity contribution is 0.100. The number of nitrogens with two attached hydrogens (primary N) is 2. The summed E-state index contributed by atoms with van der Waals surface area (Å²) in [5, 5.41) is 0. The molecule has 0 aromatic heterocycles. The topological polar surface area (TPSA) is 116 Å². The number of sulfone groups is 1. The Morgan fingerprint density at radius 2 is 1.82 bits per heavy atom. The lowest BCUT2D eigenvalue weighted by Crippen LogP contribution is -2.24. The molecule has 0 fully saturated rings. The predicted molar refractivity (Wildman–Crippen MR) is 90.4 cm³/mol. The van der Waals surface area contributed by atoms with Gasteiger partial charge in [0.15, 0.2) is 15.8 Å². The standard InChI is InChI=1S/C14H21N3O3S.ClH/c1-5-9-6-10(8(2)3)12(21(4,19)20)7-11(9)13(18)17-14(15)16;/h6-8H,5H2,1-4H3,(H4,15,16,17,18);1H. The lowest BCUT2D eigenvalue weighted by atomic mass is 9.95. The van der Waals surface area contributed by atoms with E-state index >= 15 is 0 Å². The first kappa shape index (κ1) is 20.4. The summed E-state index contributed by atoms with van der Waals surface area (Å²) in [4.78, 5) is 15.7. The number of aryl methyl sites for hydroxylation is 1. The maximum absolute atomic E-state index is 12.1. The highest BCUT2D eigenvalue weighted by molar-refractivity contribution is 7.90. The number of amides is 1. The van der Waals surface area contributed by atoms with Crippen LogP contribution in [0.5, 0.6) is 0 Å². The number of carbonyl (C=O) groups is 1. The maximum Gasteiger partial charge on any atom is 0.280 e. The zero-order chi connectivity index (χ0) is 16.4. The van der Waals surface area contributed by atoms with Crippen LogP contribution in [0.25, 0.3) is 0 Å². The van der Waals surface area contributed by atoms with E-state index in [-0.39, 0.29) is 34.7 Å². The Bertz CT molecular complexity index is 694.